The first kappa shape index (κ1) is 15.9. The molecule has 0 aromatic carbocycles. The zero-order chi connectivity index (χ0) is 16.1. The van der Waals surface area contributed by atoms with Gasteiger partial charge in [0.05, 0.1) is 0 Å². The summed E-state index contributed by atoms with van der Waals surface area (Å²) in [5, 5.41) is 0. The van der Waals surface area contributed by atoms with Gasteiger partial charge >= 0.3 is 5.97 Å². The Hall–Kier alpha value is -2.44. The summed E-state index contributed by atoms with van der Waals surface area (Å²) in [7, 11) is 0. The smallest absolute Gasteiger partial charge is 0.357 e. The van der Waals surface area contributed by atoms with Gasteiger partial charge in [-0.1, -0.05) is 6.07 Å². The Morgan fingerprint density at radius 3 is 2.32 bits per heavy atom. The molecule has 0 spiro atoms. The van der Waals surface area contributed by atoms with Crippen LogP contribution in [0.4, 0.5) is 0 Å². The fraction of sp³-hybridized carbons (Fsp3) is 0.467. The maximum absolute atomic E-state index is 12.3. The van der Waals surface area contributed by atoms with Crippen molar-refractivity contribution in [2.75, 3.05) is 26.2 Å². The van der Waals surface area contributed by atoms with E-state index in [4.69, 9.17) is 4.74 Å². The van der Waals surface area contributed by atoms with E-state index in [2.05, 4.69) is 4.98 Å². The second-order valence-electron chi connectivity index (χ2n) is 5.09. The van der Waals surface area contributed by atoms with Crippen molar-refractivity contribution in [2.45, 2.75) is 20.0 Å². The third-order valence-electron chi connectivity index (χ3n) is 3.54. The van der Waals surface area contributed by atoms with Crippen molar-refractivity contribution < 1.29 is 19.1 Å². The predicted molar refractivity (Wildman–Crippen MR) is 77.9 cm³/mol. The van der Waals surface area contributed by atoms with Crippen LogP contribution in [0.5, 0.6) is 0 Å². The molecule has 0 saturated carbocycles. The summed E-state index contributed by atoms with van der Waals surface area (Å²) in [6, 6.07) is 4.90. The minimum absolute atomic E-state index is 0.00160. The van der Waals surface area contributed by atoms with E-state index in [9.17, 15) is 14.4 Å². The molecule has 0 unspecified atom stereocenters. The zero-order valence-electron chi connectivity index (χ0n) is 12.7. The van der Waals surface area contributed by atoms with Crippen LogP contribution in [0, 0.1) is 0 Å². The van der Waals surface area contributed by atoms with Crippen LogP contribution < -0.4 is 0 Å². The van der Waals surface area contributed by atoms with Gasteiger partial charge in [0.15, 0.2) is 6.10 Å². The van der Waals surface area contributed by atoms with Crippen LogP contribution in [0.1, 0.15) is 24.3 Å². The molecule has 0 radical (unpaired) electrons. The second-order valence-corrected chi connectivity index (χ2v) is 5.09. The van der Waals surface area contributed by atoms with Gasteiger partial charge in [-0.3, -0.25) is 9.59 Å². The lowest BCUT2D eigenvalue weighted by Gasteiger charge is -2.35. The Bertz CT molecular complexity index is 553. The number of ether oxygens (including phenoxy) is 1. The van der Waals surface area contributed by atoms with Crippen LogP contribution >= 0.6 is 0 Å². The fourth-order valence-corrected chi connectivity index (χ4v) is 2.25. The van der Waals surface area contributed by atoms with Gasteiger partial charge < -0.3 is 14.5 Å². The Morgan fingerprint density at radius 2 is 1.77 bits per heavy atom. The lowest BCUT2D eigenvalue weighted by atomic mass is 10.2. The third kappa shape index (κ3) is 3.81. The van der Waals surface area contributed by atoms with E-state index in [-0.39, 0.29) is 17.5 Å². The average molecular weight is 305 g/mol. The van der Waals surface area contributed by atoms with Crippen molar-refractivity contribution in [1.82, 2.24) is 14.8 Å². The number of rotatable bonds is 3. The summed E-state index contributed by atoms with van der Waals surface area (Å²) in [4.78, 5) is 42.6. The molecule has 1 aliphatic heterocycles. The molecular formula is C15H19N3O4. The number of esters is 1. The summed E-state index contributed by atoms with van der Waals surface area (Å²) < 4.78 is 5.15. The van der Waals surface area contributed by atoms with Crippen molar-refractivity contribution in [1.29, 1.82) is 0 Å². The normalized spacial score (nSPS) is 16.1. The molecule has 22 heavy (non-hydrogen) atoms. The highest BCUT2D eigenvalue weighted by atomic mass is 16.5. The molecule has 7 nitrogen and oxygen atoms in total. The second kappa shape index (κ2) is 7.02. The predicted octanol–water partition coefficient (Wildman–Crippen LogP) is 0.318. The maximum Gasteiger partial charge on any atom is 0.357 e. The Labute approximate surface area is 128 Å². The van der Waals surface area contributed by atoms with Crippen LogP contribution in [-0.2, 0) is 14.3 Å². The maximum atomic E-state index is 12.3. The highest BCUT2D eigenvalue weighted by molar-refractivity contribution is 5.90. The molecular weight excluding hydrogens is 286 g/mol. The van der Waals surface area contributed by atoms with Gasteiger partial charge in [-0.15, -0.1) is 0 Å². The molecule has 1 aromatic rings. The number of hydrogen-bond acceptors (Lipinski definition) is 5. The quantitative estimate of drug-likeness (QED) is 0.751. The Kier molecular flexibility index (Phi) is 5.08. The summed E-state index contributed by atoms with van der Waals surface area (Å²) in [5.41, 5.74) is 0.170. The molecule has 1 aliphatic rings. The van der Waals surface area contributed by atoms with E-state index < -0.39 is 12.1 Å². The Morgan fingerprint density at radius 1 is 1.14 bits per heavy atom. The number of hydrogen-bond donors (Lipinski definition) is 0. The number of carbonyl (C=O) groups is 3. The minimum Gasteiger partial charge on any atom is -0.448 e. The molecule has 2 amide bonds. The molecule has 1 atom stereocenters. The van der Waals surface area contributed by atoms with E-state index in [0.717, 1.165) is 0 Å². The highest BCUT2D eigenvalue weighted by Gasteiger charge is 2.28. The van der Waals surface area contributed by atoms with Gasteiger partial charge in [0.25, 0.3) is 5.91 Å². The number of carbonyl (C=O) groups excluding carboxylic acids is 3. The molecule has 0 N–H and O–H groups in total. The van der Waals surface area contributed by atoms with E-state index in [1.54, 1.807) is 28.9 Å². The van der Waals surface area contributed by atoms with Gasteiger partial charge in [-0.05, 0) is 19.1 Å². The van der Waals surface area contributed by atoms with E-state index in [1.807, 2.05) is 0 Å². The lowest BCUT2D eigenvalue weighted by Crippen LogP contribution is -2.52. The van der Waals surface area contributed by atoms with Crippen molar-refractivity contribution in [3.8, 4) is 0 Å². The number of aromatic nitrogens is 1. The SMILES string of the molecule is CC(=O)N1CCN(C(=O)[C@H](C)OC(=O)c2ccccn2)CC1. The molecule has 7 heteroatoms. The van der Waals surface area contributed by atoms with Crippen LogP contribution in [0.15, 0.2) is 24.4 Å². The lowest BCUT2D eigenvalue weighted by molar-refractivity contribution is -0.144. The number of nitrogens with zero attached hydrogens (tertiary/aromatic N) is 3. The van der Waals surface area contributed by atoms with Gasteiger partial charge in [-0.25, -0.2) is 9.78 Å². The first-order chi connectivity index (χ1) is 10.5. The minimum atomic E-state index is -0.876. The summed E-state index contributed by atoms with van der Waals surface area (Å²) in [5.74, 6) is -0.877. The molecule has 2 rings (SSSR count). The largest absolute Gasteiger partial charge is 0.448 e. The average Bonchev–Trinajstić information content (AvgIpc) is 2.55. The summed E-state index contributed by atoms with van der Waals surface area (Å²) in [6.07, 6.45) is 0.614. The summed E-state index contributed by atoms with van der Waals surface area (Å²) >= 11 is 0. The van der Waals surface area contributed by atoms with Crippen LogP contribution in [0.3, 0.4) is 0 Å². The van der Waals surface area contributed by atoms with E-state index in [0.29, 0.717) is 26.2 Å². The van der Waals surface area contributed by atoms with Gasteiger partial charge in [0.2, 0.25) is 5.91 Å². The fourth-order valence-electron chi connectivity index (χ4n) is 2.25. The first-order valence-corrected chi connectivity index (χ1v) is 7.15. The topological polar surface area (TPSA) is 79.8 Å². The standard InChI is InChI=1S/C15H19N3O4/c1-11(22-15(21)13-5-3-4-6-16-13)14(20)18-9-7-17(8-10-18)12(2)19/h3-6,11H,7-10H2,1-2H3/t11-/m0/s1. The molecule has 0 bridgehead atoms. The molecule has 1 aromatic heterocycles. The van der Waals surface area contributed by atoms with Crippen LogP contribution in [0.2, 0.25) is 0 Å². The molecule has 2 heterocycles. The van der Waals surface area contributed by atoms with Crippen LogP contribution in [0.25, 0.3) is 0 Å². The third-order valence-corrected chi connectivity index (χ3v) is 3.54. The molecule has 0 aliphatic carbocycles. The summed E-state index contributed by atoms with van der Waals surface area (Å²) in [6.45, 7) is 4.95. The highest BCUT2D eigenvalue weighted by Crippen LogP contribution is 2.08. The van der Waals surface area contributed by atoms with Gasteiger partial charge in [0.1, 0.15) is 5.69 Å². The van der Waals surface area contributed by atoms with Crippen LogP contribution in [-0.4, -0.2) is 64.9 Å². The van der Waals surface area contributed by atoms with Crippen molar-refractivity contribution in [2.24, 2.45) is 0 Å². The van der Waals surface area contributed by atoms with Gasteiger partial charge in [0, 0.05) is 39.3 Å². The number of amides is 2. The molecule has 1 saturated heterocycles. The van der Waals surface area contributed by atoms with Crippen molar-refractivity contribution >= 4 is 17.8 Å². The van der Waals surface area contributed by atoms with E-state index >= 15 is 0 Å². The number of piperazine rings is 1. The van der Waals surface area contributed by atoms with Gasteiger partial charge in [-0.2, -0.15) is 0 Å². The van der Waals surface area contributed by atoms with Crippen molar-refractivity contribution in [3.63, 3.8) is 0 Å². The molecule has 1 fully saturated rings. The first-order valence-electron chi connectivity index (χ1n) is 7.15. The molecule has 118 valence electrons. The number of pyridine rings is 1. The Balaban J connectivity index is 1.88. The van der Waals surface area contributed by atoms with E-state index in [1.165, 1.54) is 19.2 Å². The zero-order valence-corrected chi connectivity index (χ0v) is 12.7. The van der Waals surface area contributed by atoms with Crippen molar-refractivity contribution in [3.05, 3.63) is 30.1 Å². The monoisotopic (exact) mass is 305 g/mol.